The first-order valence-corrected chi connectivity index (χ1v) is 12.2. The molecule has 0 saturated heterocycles. The molecule has 0 aliphatic carbocycles. The predicted octanol–water partition coefficient (Wildman–Crippen LogP) is 6.33. The molecule has 1 atom stereocenters. The fraction of sp³-hybridized carbons (Fsp3) is 0.258. The minimum absolute atomic E-state index is 0.243. The third-order valence-electron chi connectivity index (χ3n) is 5.95. The lowest BCUT2D eigenvalue weighted by atomic mass is 10.1. The maximum atomic E-state index is 12.4. The fourth-order valence-electron chi connectivity index (χ4n) is 4.24. The number of aromatic nitrogens is 1. The lowest BCUT2D eigenvalue weighted by Gasteiger charge is -2.27. The standard InChI is InChI=1S/C31H30N2O3/c1-3-36-31(35)33(25-17-12-14-23(2)22-25)29(34)21-9-7-5-4-6-8-15-24-16-13-19-27-26-18-10-11-20-28(26)32-30(24)27/h10-14,16-20,22,29,32,34H,3,7,9,15,21H2,1-2H3. The number of aromatic amines is 1. The van der Waals surface area contributed by atoms with Crippen LogP contribution in [0.15, 0.2) is 66.7 Å². The average Bonchev–Trinajstić information content (AvgIpc) is 3.25. The van der Waals surface area contributed by atoms with E-state index in [0.717, 1.165) is 22.2 Å². The van der Waals surface area contributed by atoms with E-state index < -0.39 is 12.3 Å². The van der Waals surface area contributed by atoms with Crippen LogP contribution in [0, 0.1) is 30.6 Å². The van der Waals surface area contributed by atoms with Crippen LogP contribution < -0.4 is 4.90 Å². The minimum atomic E-state index is -0.990. The Balaban J connectivity index is 1.32. The van der Waals surface area contributed by atoms with Gasteiger partial charge in [0.2, 0.25) is 0 Å². The number of aliphatic hydroxyl groups excluding tert-OH is 1. The Morgan fingerprint density at radius 2 is 1.81 bits per heavy atom. The highest BCUT2D eigenvalue weighted by Crippen LogP contribution is 2.27. The molecule has 1 heterocycles. The Labute approximate surface area is 212 Å². The summed E-state index contributed by atoms with van der Waals surface area (Å²) in [5.74, 6) is 12.0. The topological polar surface area (TPSA) is 65.6 Å². The van der Waals surface area contributed by atoms with Crippen molar-refractivity contribution >= 4 is 33.6 Å². The summed E-state index contributed by atoms with van der Waals surface area (Å²) < 4.78 is 5.15. The number of anilines is 1. The largest absolute Gasteiger partial charge is 0.449 e. The molecule has 2 N–H and O–H groups in total. The molecule has 1 amide bonds. The van der Waals surface area contributed by atoms with Gasteiger partial charge in [-0.05, 0) is 67.9 Å². The monoisotopic (exact) mass is 478 g/mol. The van der Waals surface area contributed by atoms with Crippen LogP contribution in [-0.2, 0) is 11.2 Å². The van der Waals surface area contributed by atoms with Gasteiger partial charge >= 0.3 is 6.09 Å². The van der Waals surface area contributed by atoms with Gasteiger partial charge in [-0.1, -0.05) is 60.4 Å². The van der Waals surface area contributed by atoms with Gasteiger partial charge in [-0.25, -0.2) is 4.79 Å². The molecular formula is C31H30N2O3. The SMILES string of the molecule is CCOC(=O)N(c1cccc(C)c1)C(O)CCCC#CC#CCc1cccc2c1[nH]c1ccccc12. The number of rotatable bonds is 7. The normalized spacial score (nSPS) is 11.3. The molecule has 36 heavy (non-hydrogen) atoms. The zero-order valence-corrected chi connectivity index (χ0v) is 20.7. The number of ether oxygens (including phenoxy) is 1. The number of nitrogens with one attached hydrogen (secondary N) is 1. The number of unbranched alkanes of at least 4 members (excludes halogenated alkanes) is 1. The Hall–Kier alpha value is -4.19. The molecular weight excluding hydrogens is 448 g/mol. The van der Waals surface area contributed by atoms with E-state index in [-0.39, 0.29) is 6.61 Å². The molecule has 0 bridgehead atoms. The van der Waals surface area contributed by atoms with Gasteiger partial charge < -0.3 is 14.8 Å². The predicted molar refractivity (Wildman–Crippen MR) is 146 cm³/mol. The number of carbonyl (C=O) groups is 1. The number of nitrogens with zero attached hydrogens (tertiary/aromatic N) is 1. The van der Waals surface area contributed by atoms with Crippen LogP contribution in [0.1, 0.15) is 37.3 Å². The average molecular weight is 479 g/mol. The first kappa shape index (κ1) is 24.9. The van der Waals surface area contributed by atoms with Crippen molar-refractivity contribution in [2.45, 2.75) is 45.8 Å². The zero-order valence-electron chi connectivity index (χ0n) is 20.7. The van der Waals surface area contributed by atoms with Crippen molar-refractivity contribution in [2.75, 3.05) is 11.5 Å². The number of aliphatic hydroxyl groups is 1. The molecule has 4 rings (SSSR count). The second-order valence-electron chi connectivity index (χ2n) is 8.57. The quantitative estimate of drug-likeness (QED) is 0.185. The minimum Gasteiger partial charge on any atom is -0.449 e. The first-order valence-electron chi connectivity index (χ1n) is 12.2. The van der Waals surface area contributed by atoms with Gasteiger partial charge in [0.15, 0.2) is 0 Å². The maximum Gasteiger partial charge on any atom is 0.416 e. The van der Waals surface area contributed by atoms with Gasteiger partial charge in [0.25, 0.3) is 0 Å². The van der Waals surface area contributed by atoms with Crippen molar-refractivity contribution in [1.29, 1.82) is 0 Å². The molecule has 5 heteroatoms. The lowest BCUT2D eigenvalue weighted by molar-refractivity contribution is 0.119. The summed E-state index contributed by atoms with van der Waals surface area (Å²) >= 11 is 0. The van der Waals surface area contributed by atoms with Gasteiger partial charge in [-0.3, -0.25) is 4.90 Å². The maximum absolute atomic E-state index is 12.4. The highest BCUT2D eigenvalue weighted by molar-refractivity contribution is 6.08. The van der Waals surface area contributed by atoms with Crippen molar-refractivity contribution in [2.24, 2.45) is 0 Å². The summed E-state index contributed by atoms with van der Waals surface area (Å²) in [7, 11) is 0. The van der Waals surface area contributed by atoms with Crippen LogP contribution in [0.3, 0.4) is 0 Å². The van der Waals surface area contributed by atoms with E-state index in [1.165, 1.54) is 15.7 Å². The highest BCUT2D eigenvalue weighted by Gasteiger charge is 2.24. The van der Waals surface area contributed by atoms with E-state index in [1.807, 2.05) is 37.3 Å². The van der Waals surface area contributed by atoms with Gasteiger partial charge in [0.1, 0.15) is 6.23 Å². The van der Waals surface area contributed by atoms with Crippen LogP contribution in [-0.4, -0.2) is 29.0 Å². The molecule has 0 saturated carbocycles. The molecule has 5 nitrogen and oxygen atoms in total. The number of hydrogen-bond donors (Lipinski definition) is 2. The number of carbonyl (C=O) groups excluding carboxylic acids is 1. The molecule has 3 aromatic carbocycles. The third kappa shape index (κ3) is 5.89. The lowest BCUT2D eigenvalue weighted by Crippen LogP contribution is -2.41. The summed E-state index contributed by atoms with van der Waals surface area (Å²) in [5, 5.41) is 13.1. The summed E-state index contributed by atoms with van der Waals surface area (Å²) in [6.45, 7) is 3.93. The van der Waals surface area contributed by atoms with Crippen LogP contribution >= 0.6 is 0 Å². The Morgan fingerprint density at radius 1 is 1.03 bits per heavy atom. The zero-order chi connectivity index (χ0) is 25.3. The number of aryl methyl sites for hydroxylation is 1. The van der Waals surface area contributed by atoms with Crippen molar-refractivity contribution < 1.29 is 14.6 Å². The number of fused-ring (bicyclic) bond motifs is 3. The van der Waals surface area contributed by atoms with Crippen molar-refractivity contribution in [3.8, 4) is 23.7 Å². The summed E-state index contributed by atoms with van der Waals surface area (Å²) in [6.07, 6.45) is 0.660. The van der Waals surface area contributed by atoms with E-state index in [1.54, 1.807) is 13.0 Å². The van der Waals surface area contributed by atoms with Crippen molar-refractivity contribution in [3.05, 3.63) is 77.9 Å². The summed E-state index contributed by atoms with van der Waals surface area (Å²) in [6, 6.07) is 22.0. The van der Waals surface area contributed by atoms with E-state index in [2.05, 4.69) is 59.0 Å². The van der Waals surface area contributed by atoms with Crippen molar-refractivity contribution in [1.82, 2.24) is 4.98 Å². The van der Waals surface area contributed by atoms with Gasteiger partial charge in [-0.15, -0.1) is 0 Å². The van der Waals surface area contributed by atoms with E-state index >= 15 is 0 Å². The van der Waals surface area contributed by atoms with E-state index in [9.17, 15) is 9.90 Å². The smallest absolute Gasteiger partial charge is 0.416 e. The molecule has 0 aliphatic heterocycles. The van der Waals surface area contributed by atoms with Crippen molar-refractivity contribution in [3.63, 3.8) is 0 Å². The fourth-order valence-corrected chi connectivity index (χ4v) is 4.24. The molecule has 0 aliphatic rings. The van der Waals surface area contributed by atoms with E-state index in [0.29, 0.717) is 31.4 Å². The Bertz CT molecular complexity index is 1480. The van der Waals surface area contributed by atoms with Gasteiger partial charge in [0.05, 0.1) is 12.1 Å². The Morgan fingerprint density at radius 3 is 2.64 bits per heavy atom. The molecule has 0 spiro atoms. The molecule has 0 fully saturated rings. The number of H-pyrrole nitrogens is 1. The Kier molecular flexibility index (Phi) is 8.29. The molecule has 182 valence electrons. The molecule has 1 aromatic heterocycles. The molecule has 4 aromatic rings. The summed E-state index contributed by atoms with van der Waals surface area (Å²) in [4.78, 5) is 17.2. The van der Waals surface area contributed by atoms with Crippen LogP contribution in [0.5, 0.6) is 0 Å². The highest BCUT2D eigenvalue weighted by atomic mass is 16.6. The number of para-hydroxylation sites is 2. The number of amides is 1. The molecule has 1 unspecified atom stereocenters. The first-order chi connectivity index (χ1) is 17.6. The second-order valence-corrected chi connectivity index (χ2v) is 8.57. The number of benzene rings is 3. The van der Waals surface area contributed by atoms with E-state index in [4.69, 9.17) is 4.74 Å². The second kappa shape index (κ2) is 12.0. The summed E-state index contributed by atoms with van der Waals surface area (Å²) in [5.41, 5.74) is 5.01. The van der Waals surface area contributed by atoms with Gasteiger partial charge in [-0.2, -0.15) is 0 Å². The third-order valence-corrected chi connectivity index (χ3v) is 5.95. The molecule has 0 radical (unpaired) electrons. The van der Waals surface area contributed by atoms with Gasteiger partial charge in [0, 0.05) is 34.8 Å². The van der Waals surface area contributed by atoms with Crippen LogP contribution in [0.25, 0.3) is 21.8 Å². The van der Waals surface area contributed by atoms with Crippen LogP contribution in [0.4, 0.5) is 10.5 Å². The number of hydrogen-bond acceptors (Lipinski definition) is 3. The van der Waals surface area contributed by atoms with Crippen LogP contribution in [0.2, 0.25) is 0 Å².